The fraction of sp³-hybridized carbons (Fsp3) is 0.455. The molecule has 31 heavy (non-hydrogen) atoms. The van der Waals surface area contributed by atoms with Crippen LogP contribution >= 0.6 is 12.4 Å². The topological polar surface area (TPSA) is 68.3 Å². The Labute approximate surface area is 190 Å². The smallest absolute Gasteiger partial charge is 0.264 e. The maximum absolute atomic E-state index is 13.6. The van der Waals surface area contributed by atoms with Gasteiger partial charge in [-0.3, -0.25) is 4.31 Å². The van der Waals surface area contributed by atoms with E-state index in [1.807, 2.05) is 0 Å². The predicted octanol–water partition coefficient (Wildman–Crippen LogP) is 3.57. The van der Waals surface area contributed by atoms with Gasteiger partial charge in [0.05, 0.1) is 17.7 Å². The summed E-state index contributed by atoms with van der Waals surface area (Å²) in [4.78, 5) is 2.56. The number of halogens is 1. The number of sulfonamides is 1. The SMILES string of the molecule is COc1ccc(S(=O)(=O)N(CCN2CCCCC2)c2ccc3c(c2)OCCO3)cc1.Cl. The van der Waals surface area contributed by atoms with Crippen LogP contribution < -0.4 is 18.5 Å². The molecule has 0 unspecified atom stereocenters. The highest BCUT2D eigenvalue weighted by Crippen LogP contribution is 2.36. The molecule has 0 atom stereocenters. The van der Waals surface area contributed by atoms with Gasteiger partial charge >= 0.3 is 0 Å². The minimum absolute atomic E-state index is 0. The van der Waals surface area contributed by atoms with Gasteiger partial charge in [-0.1, -0.05) is 6.42 Å². The largest absolute Gasteiger partial charge is 0.497 e. The second kappa shape index (κ2) is 10.4. The molecule has 0 bridgehead atoms. The van der Waals surface area contributed by atoms with Crippen LogP contribution in [0.3, 0.4) is 0 Å². The number of benzene rings is 2. The second-order valence-corrected chi connectivity index (χ2v) is 9.35. The molecule has 9 heteroatoms. The van der Waals surface area contributed by atoms with E-state index in [0.29, 0.717) is 49.2 Å². The standard InChI is InChI=1S/C22H28N2O5S.ClH/c1-27-19-6-8-20(9-7-19)30(25,26)24(14-13-23-11-3-2-4-12-23)18-5-10-21-22(17-18)29-16-15-28-21;/h5-10,17H,2-4,11-16H2,1H3;1H. The van der Waals surface area contributed by atoms with Crippen molar-refractivity contribution in [2.75, 3.05) is 50.8 Å². The van der Waals surface area contributed by atoms with E-state index in [9.17, 15) is 8.42 Å². The van der Waals surface area contributed by atoms with Crippen LogP contribution in [0.15, 0.2) is 47.4 Å². The number of likely N-dealkylation sites (tertiary alicyclic amines) is 1. The maximum atomic E-state index is 13.6. The number of nitrogens with zero attached hydrogens (tertiary/aromatic N) is 2. The number of hydrogen-bond acceptors (Lipinski definition) is 6. The van der Waals surface area contributed by atoms with Crippen molar-refractivity contribution in [1.82, 2.24) is 4.90 Å². The lowest BCUT2D eigenvalue weighted by Gasteiger charge is -2.31. The van der Waals surface area contributed by atoms with E-state index in [0.717, 1.165) is 25.9 Å². The number of rotatable bonds is 7. The van der Waals surface area contributed by atoms with Gasteiger partial charge in [0.25, 0.3) is 10.0 Å². The van der Waals surface area contributed by atoms with Crippen LogP contribution in [0.4, 0.5) is 5.69 Å². The number of ether oxygens (including phenoxy) is 3. The molecule has 0 aromatic heterocycles. The molecule has 4 rings (SSSR count). The Kier molecular flexibility index (Phi) is 7.91. The lowest BCUT2D eigenvalue weighted by atomic mass is 10.1. The van der Waals surface area contributed by atoms with Gasteiger partial charge in [-0.15, -0.1) is 12.4 Å². The third-order valence-corrected chi connectivity index (χ3v) is 7.37. The summed E-state index contributed by atoms with van der Waals surface area (Å²) in [5.41, 5.74) is 0.576. The van der Waals surface area contributed by atoms with Gasteiger partial charge in [0.15, 0.2) is 11.5 Å². The molecular weight excluding hydrogens is 440 g/mol. The summed E-state index contributed by atoms with van der Waals surface area (Å²) in [5.74, 6) is 1.84. The summed E-state index contributed by atoms with van der Waals surface area (Å²) in [6.45, 7) is 4.03. The van der Waals surface area contributed by atoms with E-state index >= 15 is 0 Å². The molecule has 2 heterocycles. The van der Waals surface area contributed by atoms with Crippen molar-refractivity contribution in [1.29, 1.82) is 0 Å². The number of fused-ring (bicyclic) bond motifs is 1. The molecule has 0 saturated carbocycles. The predicted molar refractivity (Wildman–Crippen MR) is 122 cm³/mol. The Morgan fingerprint density at radius 2 is 1.65 bits per heavy atom. The first-order valence-corrected chi connectivity index (χ1v) is 11.8. The zero-order valence-corrected chi connectivity index (χ0v) is 19.3. The molecule has 0 radical (unpaired) electrons. The lowest BCUT2D eigenvalue weighted by molar-refractivity contribution is 0.171. The maximum Gasteiger partial charge on any atom is 0.264 e. The lowest BCUT2D eigenvalue weighted by Crippen LogP contribution is -2.40. The summed E-state index contributed by atoms with van der Waals surface area (Å²) in [5, 5.41) is 0. The number of piperidine rings is 1. The summed E-state index contributed by atoms with van der Waals surface area (Å²) in [6.07, 6.45) is 3.57. The van der Waals surface area contributed by atoms with Gasteiger partial charge in [-0.05, 0) is 62.3 Å². The third-order valence-electron chi connectivity index (χ3n) is 5.53. The Bertz CT molecular complexity index is 962. The molecular formula is C22H29ClN2O5S. The number of methoxy groups -OCH3 is 1. The Hall–Kier alpha value is -2.16. The highest BCUT2D eigenvalue weighted by Gasteiger charge is 2.27. The first-order valence-electron chi connectivity index (χ1n) is 10.4. The second-order valence-electron chi connectivity index (χ2n) is 7.48. The van der Waals surface area contributed by atoms with Gasteiger partial charge in [-0.25, -0.2) is 8.42 Å². The number of hydrogen-bond donors (Lipinski definition) is 0. The van der Waals surface area contributed by atoms with Crippen LogP contribution in [0.2, 0.25) is 0 Å². The average Bonchev–Trinajstić information content (AvgIpc) is 2.79. The fourth-order valence-electron chi connectivity index (χ4n) is 3.87. The fourth-order valence-corrected chi connectivity index (χ4v) is 5.31. The molecule has 0 N–H and O–H groups in total. The molecule has 0 spiro atoms. The van der Waals surface area contributed by atoms with Crippen molar-refractivity contribution in [2.45, 2.75) is 24.2 Å². The van der Waals surface area contributed by atoms with Crippen LogP contribution in [0, 0.1) is 0 Å². The minimum Gasteiger partial charge on any atom is -0.497 e. The number of anilines is 1. The van der Waals surface area contributed by atoms with Gasteiger partial charge in [0.1, 0.15) is 19.0 Å². The molecule has 2 aromatic rings. The van der Waals surface area contributed by atoms with Gasteiger partial charge < -0.3 is 19.1 Å². The molecule has 1 saturated heterocycles. The normalized spacial score (nSPS) is 16.3. The van der Waals surface area contributed by atoms with Crippen molar-refractivity contribution in [2.24, 2.45) is 0 Å². The van der Waals surface area contributed by atoms with Gasteiger partial charge in [0.2, 0.25) is 0 Å². The van der Waals surface area contributed by atoms with Crippen LogP contribution in [0.5, 0.6) is 17.2 Å². The highest BCUT2D eigenvalue weighted by atomic mass is 35.5. The first kappa shape index (κ1) is 23.5. The molecule has 0 amide bonds. The van der Waals surface area contributed by atoms with Crippen molar-refractivity contribution in [3.63, 3.8) is 0 Å². The highest BCUT2D eigenvalue weighted by molar-refractivity contribution is 7.92. The van der Waals surface area contributed by atoms with Crippen LogP contribution in [-0.2, 0) is 10.0 Å². The summed E-state index contributed by atoms with van der Waals surface area (Å²) in [6, 6.07) is 11.8. The van der Waals surface area contributed by atoms with E-state index in [1.165, 1.54) is 10.7 Å². The first-order chi connectivity index (χ1) is 14.6. The van der Waals surface area contributed by atoms with Crippen LogP contribution in [0.1, 0.15) is 19.3 Å². The van der Waals surface area contributed by atoms with Crippen molar-refractivity contribution in [3.05, 3.63) is 42.5 Å². The molecule has 170 valence electrons. The molecule has 7 nitrogen and oxygen atoms in total. The zero-order valence-electron chi connectivity index (χ0n) is 17.7. The quantitative estimate of drug-likeness (QED) is 0.618. The molecule has 2 aliphatic rings. The molecule has 2 aliphatic heterocycles. The van der Waals surface area contributed by atoms with Crippen molar-refractivity contribution in [3.8, 4) is 17.2 Å². The Morgan fingerprint density at radius 1 is 0.968 bits per heavy atom. The van der Waals surface area contributed by atoms with Gasteiger partial charge in [0, 0.05) is 19.2 Å². The average molecular weight is 469 g/mol. The third kappa shape index (κ3) is 5.37. The summed E-state index contributed by atoms with van der Waals surface area (Å²) in [7, 11) is -2.19. The van der Waals surface area contributed by atoms with E-state index in [2.05, 4.69) is 4.90 Å². The molecule has 1 fully saturated rings. The molecule has 2 aromatic carbocycles. The van der Waals surface area contributed by atoms with E-state index in [-0.39, 0.29) is 17.3 Å². The Balaban J connectivity index is 0.00000272. The summed E-state index contributed by atoms with van der Waals surface area (Å²) >= 11 is 0. The van der Waals surface area contributed by atoms with E-state index in [4.69, 9.17) is 14.2 Å². The van der Waals surface area contributed by atoms with Crippen molar-refractivity contribution < 1.29 is 22.6 Å². The summed E-state index contributed by atoms with van der Waals surface area (Å²) < 4.78 is 45.1. The minimum atomic E-state index is -3.75. The van der Waals surface area contributed by atoms with Crippen LogP contribution in [-0.4, -0.2) is 59.8 Å². The van der Waals surface area contributed by atoms with E-state index in [1.54, 1.807) is 49.6 Å². The Morgan fingerprint density at radius 3 is 2.32 bits per heavy atom. The van der Waals surface area contributed by atoms with Crippen LogP contribution in [0.25, 0.3) is 0 Å². The monoisotopic (exact) mass is 468 g/mol. The van der Waals surface area contributed by atoms with Gasteiger partial charge in [-0.2, -0.15) is 0 Å². The molecule has 0 aliphatic carbocycles. The zero-order chi connectivity index (χ0) is 21.0. The van der Waals surface area contributed by atoms with Crippen molar-refractivity contribution >= 4 is 28.1 Å². The van der Waals surface area contributed by atoms with E-state index < -0.39 is 10.0 Å².